The molecular weight excluding hydrogens is 258 g/mol. The molecule has 2 rings (SSSR count). The third kappa shape index (κ3) is 4.18. The summed E-state index contributed by atoms with van der Waals surface area (Å²) in [6, 6.07) is -0.0511. The summed E-state index contributed by atoms with van der Waals surface area (Å²) in [7, 11) is 0. The van der Waals surface area contributed by atoms with E-state index in [4.69, 9.17) is 5.11 Å². The molecule has 2 saturated heterocycles. The van der Waals surface area contributed by atoms with E-state index in [0.29, 0.717) is 19.0 Å². The number of carboxylic acids is 1. The van der Waals surface area contributed by atoms with E-state index in [-0.39, 0.29) is 18.5 Å². The molecule has 2 N–H and O–H groups in total. The van der Waals surface area contributed by atoms with Crippen LogP contribution in [-0.4, -0.2) is 72.1 Å². The van der Waals surface area contributed by atoms with Crippen LogP contribution in [-0.2, 0) is 9.59 Å². The second-order valence-corrected chi connectivity index (χ2v) is 5.98. The molecule has 0 radical (unpaired) electrons. The van der Waals surface area contributed by atoms with E-state index in [2.05, 4.69) is 12.2 Å². The molecular formula is C14H25N3O3. The topological polar surface area (TPSA) is 72.9 Å². The van der Waals surface area contributed by atoms with Gasteiger partial charge in [0.2, 0.25) is 5.91 Å². The Morgan fingerprint density at radius 2 is 2.05 bits per heavy atom. The molecule has 2 aliphatic rings. The monoisotopic (exact) mass is 283 g/mol. The Bertz CT molecular complexity index is 362. The first-order valence-corrected chi connectivity index (χ1v) is 7.52. The van der Waals surface area contributed by atoms with Crippen molar-refractivity contribution in [1.82, 2.24) is 15.1 Å². The zero-order valence-electron chi connectivity index (χ0n) is 12.2. The van der Waals surface area contributed by atoms with Crippen LogP contribution in [0.1, 0.15) is 26.2 Å². The van der Waals surface area contributed by atoms with Crippen LogP contribution in [0.5, 0.6) is 0 Å². The maximum Gasteiger partial charge on any atom is 0.317 e. The van der Waals surface area contributed by atoms with Crippen molar-refractivity contribution in [2.75, 3.05) is 39.3 Å². The van der Waals surface area contributed by atoms with Crippen molar-refractivity contribution in [3.63, 3.8) is 0 Å². The van der Waals surface area contributed by atoms with E-state index >= 15 is 0 Å². The molecule has 6 heteroatoms. The van der Waals surface area contributed by atoms with Crippen LogP contribution in [0.15, 0.2) is 0 Å². The van der Waals surface area contributed by atoms with Crippen molar-refractivity contribution in [2.45, 2.75) is 32.2 Å². The first kappa shape index (κ1) is 15.3. The number of aliphatic carboxylic acids is 1. The van der Waals surface area contributed by atoms with Gasteiger partial charge in [-0.1, -0.05) is 6.92 Å². The summed E-state index contributed by atoms with van der Waals surface area (Å²) in [6.45, 7) is 5.96. The summed E-state index contributed by atoms with van der Waals surface area (Å²) < 4.78 is 0. The van der Waals surface area contributed by atoms with E-state index in [0.717, 1.165) is 38.9 Å². The molecule has 0 aromatic heterocycles. The first-order valence-electron chi connectivity index (χ1n) is 7.52. The minimum absolute atomic E-state index is 0.0511. The Morgan fingerprint density at radius 3 is 2.75 bits per heavy atom. The molecule has 20 heavy (non-hydrogen) atoms. The van der Waals surface area contributed by atoms with Crippen molar-refractivity contribution < 1.29 is 14.7 Å². The highest BCUT2D eigenvalue weighted by Gasteiger charge is 2.29. The Morgan fingerprint density at radius 1 is 1.25 bits per heavy atom. The lowest BCUT2D eigenvalue weighted by Gasteiger charge is -2.31. The normalized spacial score (nSPS) is 28.9. The number of piperidine rings is 1. The van der Waals surface area contributed by atoms with E-state index < -0.39 is 5.97 Å². The quantitative estimate of drug-likeness (QED) is 0.762. The summed E-state index contributed by atoms with van der Waals surface area (Å²) in [6.07, 6.45) is 2.89. The number of carbonyl (C=O) groups is 2. The van der Waals surface area contributed by atoms with Crippen LogP contribution in [0.2, 0.25) is 0 Å². The molecule has 114 valence electrons. The van der Waals surface area contributed by atoms with E-state index in [9.17, 15) is 9.59 Å². The maximum absolute atomic E-state index is 12.5. The molecule has 1 amide bonds. The average Bonchev–Trinajstić information content (AvgIpc) is 2.63. The van der Waals surface area contributed by atoms with E-state index in [1.165, 1.54) is 0 Å². The highest BCUT2D eigenvalue weighted by Crippen LogP contribution is 2.17. The van der Waals surface area contributed by atoms with Crippen LogP contribution in [0.25, 0.3) is 0 Å². The molecule has 0 aliphatic carbocycles. The molecule has 0 spiro atoms. The van der Waals surface area contributed by atoms with Gasteiger partial charge in [0, 0.05) is 26.2 Å². The van der Waals surface area contributed by atoms with Crippen LogP contribution < -0.4 is 5.32 Å². The number of carboxylic acid groups (broad SMARTS) is 1. The zero-order chi connectivity index (χ0) is 14.5. The average molecular weight is 283 g/mol. The van der Waals surface area contributed by atoms with Crippen LogP contribution >= 0.6 is 0 Å². The number of carbonyl (C=O) groups excluding carboxylic acids is 1. The highest BCUT2D eigenvalue weighted by atomic mass is 16.4. The lowest BCUT2D eigenvalue weighted by molar-refractivity contribution is -0.138. The number of nitrogens with zero attached hydrogens (tertiary/aromatic N) is 2. The first-order chi connectivity index (χ1) is 9.56. The Hall–Kier alpha value is -1.14. The molecule has 2 unspecified atom stereocenters. The van der Waals surface area contributed by atoms with Crippen LogP contribution in [0.3, 0.4) is 0 Å². The summed E-state index contributed by atoms with van der Waals surface area (Å²) in [4.78, 5) is 27.1. The van der Waals surface area contributed by atoms with Crippen molar-refractivity contribution in [2.24, 2.45) is 5.92 Å². The third-order valence-electron chi connectivity index (χ3n) is 4.22. The van der Waals surface area contributed by atoms with Crippen molar-refractivity contribution >= 4 is 11.9 Å². The molecule has 2 fully saturated rings. The van der Waals surface area contributed by atoms with Gasteiger partial charge in [0.05, 0.1) is 12.6 Å². The minimum atomic E-state index is -0.799. The van der Waals surface area contributed by atoms with Crippen LogP contribution in [0.4, 0.5) is 0 Å². The van der Waals surface area contributed by atoms with Gasteiger partial charge in [0.1, 0.15) is 0 Å². The highest BCUT2D eigenvalue weighted by molar-refractivity contribution is 5.82. The standard InChI is InChI=1S/C14H25N3O3/c1-11-3-4-15-12(9-11)14(20)17-6-2-5-16(7-8-17)10-13(18)19/h11-12,15H,2-10H2,1H3,(H,18,19). The largest absolute Gasteiger partial charge is 0.480 e. The molecule has 0 aromatic rings. The molecule has 2 aliphatic heterocycles. The Balaban J connectivity index is 1.86. The maximum atomic E-state index is 12.5. The number of amides is 1. The summed E-state index contributed by atoms with van der Waals surface area (Å²) in [5.74, 6) is -0.0121. The molecule has 2 atom stereocenters. The number of rotatable bonds is 3. The minimum Gasteiger partial charge on any atom is -0.480 e. The second kappa shape index (κ2) is 7.04. The smallest absolute Gasteiger partial charge is 0.317 e. The van der Waals surface area contributed by atoms with Crippen molar-refractivity contribution in [3.05, 3.63) is 0 Å². The summed E-state index contributed by atoms with van der Waals surface area (Å²) in [5.41, 5.74) is 0. The van der Waals surface area contributed by atoms with Gasteiger partial charge < -0.3 is 15.3 Å². The molecule has 0 saturated carbocycles. The lowest BCUT2D eigenvalue weighted by atomic mass is 9.93. The Labute approximate surface area is 120 Å². The van der Waals surface area contributed by atoms with Crippen molar-refractivity contribution in [1.29, 1.82) is 0 Å². The summed E-state index contributed by atoms with van der Waals surface area (Å²) in [5, 5.41) is 12.1. The Kier molecular flexibility index (Phi) is 5.37. The fraction of sp³-hybridized carbons (Fsp3) is 0.857. The number of nitrogens with one attached hydrogen (secondary N) is 1. The van der Waals surface area contributed by atoms with Gasteiger partial charge in [0.15, 0.2) is 0 Å². The number of hydrogen-bond donors (Lipinski definition) is 2. The number of hydrogen-bond acceptors (Lipinski definition) is 4. The van der Waals surface area contributed by atoms with Gasteiger partial charge in [-0.25, -0.2) is 0 Å². The van der Waals surface area contributed by atoms with Crippen LogP contribution in [0, 0.1) is 5.92 Å². The predicted molar refractivity (Wildman–Crippen MR) is 75.5 cm³/mol. The van der Waals surface area contributed by atoms with Gasteiger partial charge >= 0.3 is 5.97 Å². The fourth-order valence-electron chi connectivity index (χ4n) is 3.06. The molecule has 0 aromatic carbocycles. The molecule has 6 nitrogen and oxygen atoms in total. The van der Waals surface area contributed by atoms with Crippen molar-refractivity contribution in [3.8, 4) is 0 Å². The molecule has 2 heterocycles. The van der Waals surface area contributed by atoms with Gasteiger partial charge in [-0.15, -0.1) is 0 Å². The van der Waals surface area contributed by atoms with E-state index in [1.54, 1.807) is 0 Å². The summed E-state index contributed by atoms with van der Waals surface area (Å²) >= 11 is 0. The lowest BCUT2D eigenvalue weighted by Crippen LogP contribution is -2.50. The van der Waals surface area contributed by atoms with Gasteiger partial charge in [0.25, 0.3) is 0 Å². The fourth-order valence-corrected chi connectivity index (χ4v) is 3.06. The predicted octanol–water partition coefficient (Wildman–Crippen LogP) is -0.00660. The van der Waals surface area contributed by atoms with E-state index in [1.807, 2.05) is 9.80 Å². The zero-order valence-corrected chi connectivity index (χ0v) is 12.2. The van der Waals surface area contributed by atoms with Gasteiger partial charge in [-0.05, 0) is 31.7 Å². The molecule has 0 bridgehead atoms. The SMILES string of the molecule is CC1CCNC(C(=O)N2CCCN(CC(=O)O)CC2)C1. The second-order valence-electron chi connectivity index (χ2n) is 5.98. The van der Waals surface area contributed by atoms with Gasteiger partial charge in [-0.3, -0.25) is 14.5 Å². The van der Waals surface area contributed by atoms with Gasteiger partial charge in [-0.2, -0.15) is 0 Å². The third-order valence-corrected chi connectivity index (χ3v) is 4.22.